The number of ether oxygens (including phenoxy) is 6. The lowest BCUT2D eigenvalue weighted by atomic mass is 10.1. The van der Waals surface area contributed by atoms with Gasteiger partial charge in [-0.15, -0.1) is 0 Å². The number of aryl methyl sites for hydroxylation is 8. The second-order valence-electron chi connectivity index (χ2n) is 25.6. The Bertz CT molecular complexity index is 4640. The Morgan fingerprint density at radius 1 is 0.309 bits per heavy atom. The van der Waals surface area contributed by atoms with E-state index in [9.17, 15) is 27.6 Å². The molecule has 0 fully saturated rings. The molecule has 566 valence electrons. The van der Waals surface area contributed by atoms with Gasteiger partial charge >= 0.3 is 24.1 Å². The molecule has 0 aliphatic rings. The summed E-state index contributed by atoms with van der Waals surface area (Å²) in [5, 5.41) is 0. The largest absolute Gasteiger partial charge is 0.493 e. The summed E-state index contributed by atoms with van der Waals surface area (Å²) in [6.45, 7) is 20.0. The Kier molecular flexibility index (Phi) is 31.9. The van der Waals surface area contributed by atoms with Crippen LogP contribution in [0, 0.1) is 55.4 Å². The summed E-state index contributed by atoms with van der Waals surface area (Å²) >= 11 is 0. The number of carbonyl (C=O) groups excluding carboxylic acids is 3. The lowest BCUT2D eigenvalue weighted by molar-refractivity contribution is -0.151. The van der Waals surface area contributed by atoms with Crippen LogP contribution < -0.4 is 18.9 Å². The van der Waals surface area contributed by atoms with Crippen LogP contribution in [0.1, 0.15) is 77.6 Å². The van der Waals surface area contributed by atoms with Gasteiger partial charge in [0.2, 0.25) is 0 Å². The zero-order valence-electron chi connectivity index (χ0n) is 64.1. The summed E-state index contributed by atoms with van der Waals surface area (Å²) in [6, 6.07) is 101. The fourth-order valence-electron chi connectivity index (χ4n) is 12.2. The van der Waals surface area contributed by atoms with Crippen molar-refractivity contribution in [3.8, 4) is 23.0 Å². The minimum atomic E-state index is -4.25. The predicted molar refractivity (Wildman–Crippen MR) is 440 cm³/mol. The monoisotopic (exact) mass is 1550 g/mol. The zero-order chi connectivity index (χ0) is 78.5. The number of hydrogen-bond acceptors (Lipinski definition) is 9. The minimum Gasteiger partial charge on any atom is -0.493 e. The Balaban J connectivity index is 0.000000170. The van der Waals surface area contributed by atoms with Crippen molar-refractivity contribution in [2.75, 3.05) is 33.5 Å². The van der Waals surface area contributed by atoms with E-state index in [0.717, 1.165) is 49.8 Å². The van der Waals surface area contributed by atoms with E-state index in [0.29, 0.717) is 24.5 Å². The van der Waals surface area contributed by atoms with Gasteiger partial charge in [0.1, 0.15) is 23.0 Å². The number of esters is 3. The normalized spacial score (nSPS) is 11.0. The molecular formula is C94H95F3O9S4+4. The van der Waals surface area contributed by atoms with Gasteiger partial charge in [-0.1, -0.05) is 153 Å². The summed E-state index contributed by atoms with van der Waals surface area (Å²) in [7, 11) is 0.547. The SMILES string of the molecule is CCC(=O)Oc1c(C)cc([S+](c2ccccc2)c2ccccc2)cc1C.CCOc1c(C)cc([S+](c2ccccc2)c2ccccc2)cc1C.COC(=O)COc1c(C)cc([S+](c2ccccc2)c2ccccc2)cc1C.Cc1cc([S+](c2ccccc2)c2ccccc2)cc(C)c1OCC(=O)OCCCC(F)(F)F. The van der Waals surface area contributed by atoms with Crippen molar-refractivity contribution in [3.63, 3.8) is 0 Å². The number of methoxy groups -OCH3 is 1. The van der Waals surface area contributed by atoms with Crippen molar-refractivity contribution in [2.45, 2.75) is 153 Å². The van der Waals surface area contributed by atoms with Gasteiger partial charge in [0.25, 0.3) is 0 Å². The zero-order valence-corrected chi connectivity index (χ0v) is 67.4. The Labute approximate surface area is 658 Å². The van der Waals surface area contributed by atoms with E-state index in [-0.39, 0.29) is 81.8 Å². The van der Waals surface area contributed by atoms with Gasteiger partial charge in [-0.25, -0.2) is 9.59 Å². The molecule has 110 heavy (non-hydrogen) atoms. The van der Waals surface area contributed by atoms with Crippen LogP contribution in [0.25, 0.3) is 0 Å². The molecule has 0 saturated heterocycles. The van der Waals surface area contributed by atoms with Crippen LogP contribution in [-0.4, -0.2) is 57.6 Å². The van der Waals surface area contributed by atoms with Crippen molar-refractivity contribution in [1.29, 1.82) is 0 Å². The molecule has 0 bridgehead atoms. The highest BCUT2D eigenvalue weighted by Crippen LogP contribution is 2.41. The van der Waals surface area contributed by atoms with Crippen LogP contribution in [0.4, 0.5) is 13.2 Å². The number of benzene rings is 12. The van der Waals surface area contributed by atoms with Gasteiger partial charge in [-0.3, -0.25) is 4.79 Å². The highest BCUT2D eigenvalue weighted by Gasteiger charge is 2.35. The second-order valence-corrected chi connectivity index (χ2v) is 33.7. The molecule has 0 saturated carbocycles. The Hall–Kier alpha value is -10.4. The third-order valence-corrected chi connectivity index (χ3v) is 25.8. The topological polar surface area (TPSA) is 107 Å². The van der Waals surface area contributed by atoms with Crippen LogP contribution in [0.5, 0.6) is 23.0 Å². The van der Waals surface area contributed by atoms with Gasteiger partial charge in [-0.2, -0.15) is 13.2 Å². The first-order valence-electron chi connectivity index (χ1n) is 36.4. The maximum absolute atomic E-state index is 12.2. The van der Waals surface area contributed by atoms with Gasteiger partial charge < -0.3 is 28.4 Å². The first-order valence-corrected chi connectivity index (χ1v) is 41.3. The van der Waals surface area contributed by atoms with E-state index < -0.39 is 18.6 Å². The minimum absolute atomic E-state index is 0.0827. The summed E-state index contributed by atoms with van der Waals surface area (Å²) in [4.78, 5) is 50.1. The van der Waals surface area contributed by atoms with E-state index in [1.165, 1.54) is 72.1 Å². The number of halogens is 3. The van der Waals surface area contributed by atoms with Crippen LogP contribution in [0.3, 0.4) is 0 Å². The first kappa shape index (κ1) is 83.7. The van der Waals surface area contributed by atoms with E-state index in [4.69, 9.17) is 23.7 Å². The molecular weight excluding hydrogens is 1460 g/mol. The van der Waals surface area contributed by atoms with Crippen molar-refractivity contribution in [2.24, 2.45) is 0 Å². The van der Waals surface area contributed by atoms with Gasteiger partial charge in [-0.05, 0) is 210 Å². The molecule has 0 N–H and O–H groups in total. The summed E-state index contributed by atoms with van der Waals surface area (Å²) in [5.41, 5.74) is 8.17. The lowest BCUT2D eigenvalue weighted by Crippen LogP contribution is -2.17. The van der Waals surface area contributed by atoms with Crippen molar-refractivity contribution < 1.29 is 56.0 Å². The fourth-order valence-corrected chi connectivity index (χ4v) is 21.3. The molecule has 0 aromatic heterocycles. The van der Waals surface area contributed by atoms with Crippen molar-refractivity contribution in [3.05, 3.63) is 336 Å². The molecule has 0 aliphatic heterocycles. The summed E-state index contributed by atoms with van der Waals surface area (Å²) in [5.74, 6) is 1.76. The fraction of sp³-hybridized carbons (Fsp3) is 0.202. The van der Waals surface area contributed by atoms with Crippen molar-refractivity contribution >= 4 is 61.5 Å². The summed E-state index contributed by atoms with van der Waals surface area (Å²) < 4.78 is 68.8. The van der Waals surface area contributed by atoms with Crippen LogP contribution in [0.2, 0.25) is 0 Å². The highest BCUT2D eigenvalue weighted by molar-refractivity contribution is 7.98. The Morgan fingerprint density at radius 3 is 0.755 bits per heavy atom. The number of alkyl halides is 3. The molecule has 16 heteroatoms. The quantitative estimate of drug-likeness (QED) is 0.0239. The maximum atomic E-state index is 12.2. The molecule has 0 heterocycles. The molecule has 12 aromatic rings. The van der Waals surface area contributed by atoms with E-state index in [2.05, 4.69) is 249 Å². The van der Waals surface area contributed by atoms with E-state index >= 15 is 0 Å². The van der Waals surface area contributed by atoms with Crippen LogP contribution in [-0.2, 0) is 67.4 Å². The van der Waals surface area contributed by atoms with Crippen LogP contribution in [0.15, 0.2) is 350 Å². The third-order valence-electron chi connectivity index (χ3n) is 17.1. The van der Waals surface area contributed by atoms with Gasteiger partial charge in [0.05, 0.1) is 63.9 Å². The van der Waals surface area contributed by atoms with Gasteiger partial charge in [0.15, 0.2) is 72.0 Å². The van der Waals surface area contributed by atoms with Crippen molar-refractivity contribution in [1.82, 2.24) is 0 Å². The second kappa shape index (κ2) is 42.0. The standard InChI is InChI=1S/C26H26F3O3S.C23H23O3S.C23H23O2S.C22H23OS/c1-19-16-23(33(21-10-5-3-6-11-21)22-12-7-4-8-13-22)17-20(2)25(19)32-18-24(30)31-15-9-14-26(27,28)29;1-17-14-21(15-18(2)23(17)26-16-22(24)25-3)27(19-10-6-4-7-11-19)20-12-8-5-9-13-20;1-4-22(24)25-23-17(2)15-21(16-18(23)3)26(19-11-7-5-8-12-19)20-13-9-6-10-14-20;1-4-23-22-17(2)15-21(16-18(22)3)24(19-11-7-5-8-12-19)20-13-9-6-10-14-20/h3-8,10-13,16-17H,9,14-15,18H2,1-2H3;4-15H,16H2,1-3H3;5-16H,4H2,1-3H3;5-16H,4H2,1-3H3/q4*+1. The maximum Gasteiger partial charge on any atom is 0.389 e. The predicted octanol–water partition coefficient (Wildman–Crippen LogP) is 23.1. The average Bonchev–Trinajstić information content (AvgIpc) is 0.813. The molecule has 12 aromatic carbocycles. The number of rotatable bonds is 25. The molecule has 12 rings (SSSR count). The first-order chi connectivity index (χ1) is 53.1. The molecule has 0 amide bonds. The molecule has 9 nitrogen and oxygen atoms in total. The third kappa shape index (κ3) is 24.1. The lowest BCUT2D eigenvalue weighted by Gasteiger charge is -2.14. The molecule has 0 unspecified atom stereocenters. The van der Waals surface area contributed by atoms with E-state index in [1.807, 2.05) is 116 Å². The number of hydrogen-bond donors (Lipinski definition) is 0. The Morgan fingerprint density at radius 2 is 0.536 bits per heavy atom. The number of carbonyl (C=O) groups is 3. The van der Waals surface area contributed by atoms with Crippen LogP contribution >= 0.6 is 0 Å². The molecule has 0 aliphatic carbocycles. The molecule has 0 atom stereocenters. The van der Waals surface area contributed by atoms with E-state index in [1.54, 1.807) is 0 Å². The summed E-state index contributed by atoms with van der Waals surface area (Å²) in [6.07, 6.45) is -5.12. The molecule has 0 radical (unpaired) electrons. The van der Waals surface area contributed by atoms with Gasteiger partial charge in [0, 0.05) is 61.4 Å². The molecule has 0 spiro atoms. The highest BCUT2D eigenvalue weighted by atomic mass is 32.2. The smallest absolute Gasteiger partial charge is 0.389 e. The average molecular weight is 1550 g/mol.